The average molecular weight is 251 g/mol. The van der Waals surface area contributed by atoms with E-state index < -0.39 is 16.1 Å². The maximum absolute atomic E-state index is 11.0. The van der Waals surface area contributed by atoms with Crippen LogP contribution in [-0.2, 0) is 10.0 Å². The summed E-state index contributed by atoms with van der Waals surface area (Å²) < 4.78 is 21.3. The molecule has 2 amide bonds. The van der Waals surface area contributed by atoms with Crippen LogP contribution in [0.2, 0.25) is 0 Å². The number of hydrogen-bond donors (Lipinski definition) is 3. The highest BCUT2D eigenvalue weighted by atomic mass is 32.2. The fourth-order valence-electron chi connectivity index (χ4n) is 0.677. The molecule has 0 radical (unpaired) electrons. The highest BCUT2D eigenvalue weighted by Crippen LogP contribution is 2.17. The van der Waals surface area contributed by atoms with Crippen molar-refractivity contribution in [3.05, 3.63) is 0 Å². The lowest BCUT2D eigenvalue weighted by Gasteiger charge is -1.99. The topological polar surface area (TPSA) is 127 Å². The Labute approximate surface area is 89.9 Å². The van der Waals surface area contributed by atoms with E-state index in [1.54, 1.807) is 6.92 Å². The molecule has 1 aromatic rings. The number of nitrogens with zero attached hydrogens (tertiary/aromatic N) is 2. The molecule has 0 saturated heterocycles. The second-order valence-corrected chi connectivity index (χ2v) is 5.12. The smallest absolute Gasteiger partial charge is 0.321 e. The first-order chi connectivity index (χ1) is 6.93. The van der Waals surface area contributed by atoms with Crippen LogP contribution in [0.5, 0.6) is 0 Å². The lowest BCUT2D eigenvalue weighted by Crippen LogP contribution is -2.28. The van der Waals surface area contributed by atoms with Crippen molar-refractivity contribution >= 4 is 32.5 Å². The number of amides is 2. The van der Waals surface area contributed by atoms with Crippen molar-refractivity contribution < 1.29 is 13.2 Å². The molecular weight excluding hydrogens is 242 g/mol. The van der Waals surface area contributed by atoms with Gasteiger partial charge in [0.15, 0.2) is 0 Å². The standard InChI is InChI=1S/C5H9N5O3S2/c1-2-7-3(11)8-4-9-10-5(14-4)15(6,12)13/h2H2,1H3,(H2,6,12,13)(H2,7,8,9,11). The second kappa shape index (κ2) is 4.51. The van der Waals surface area contributed by atoms with Crippen molar-refractivity contribution in [2.45, 2.75) is 11.3 Å². The molecule has 1 heterocycles. The molecule has 0 aliphatic rings. The molecule has 4 N–H and O–H groups in total. The van der Waals surface area contributed by atoms with Gasteiger partial charge in [-0.15, -0.1) is 10.2 Å². The molecule has 0 fully saturated rings. The first-order valence-electron chi connectivity index (χ1n) is 3.84. The minimum absolute atomic E-state index is 0.0741. The van der Waals surface area contributed by atoms with E-state index in [2.05, 4.69) is 20.8 Å². The molecule has 0 saturated carbocycles. The third-order valence-corrected chi connectivity index (χ3v) is 3.36. The fourth-order valence-corrected chi connectivity index (χ4v) is 2.01. The summed E-state index contributed by atoms with van der Waals surface area (Å²) in [6.45, 7) is 2.20. The summed E-state index contributed by atoms with van der Waals surface area (Å²) in [5, 5.41) is 16.4. The van der Waals surface area contributed by atoms with Crippen LogP contribution in [0.4, 0.5) is 9.93 Å². The molecule has 15 heavy (non-hydrogen) atoms. The van der Waals surface area contributed by atoms with Crippen molar-refractivity contribution in [1.29, 1.82) is 0 Å². The zero-order valence-electron chi connectivity index (χ0n) is 7.72. The maximum Gasteiger partial charge on any atom is 0.321 e. The number of primary sulfonamides is 1. The molecule has 10 heteroatoms. The summed E-state index contributed by atoms with van der Waals surface area (Å²) in [5.74, 6) is 0. The summed E-state index contributed by atoms with van der Waals surface area (Å²) in [6, 6.07) is -0.477. The molecular formula is C5H9N5O3S2. The molecule has 1 rings (SSSR count). The lowest BCUT2D eigenvalue weighted by molar-refractivity contribution is 0.252. The highest BCUT2D eigenvalue weighted by molar-refractivity contribution is 7.91. The largest absolute Gasteiger partial charge is 0.338 e. The van der Waals surface area contributed by atoms with E-state index in [1.165, 1.54) is 0 Å². The van der Waals surface area contributed by atoms with Crippen molar-refractivity contribution in [3.63, 3.8) is 0 Å². The Morgan fingerprint density at radius 2 is 2.20 bits per heavy atom. The SMILES string of the molecule is CCNC(=O)Nc1nnc(S(N)(=O)=O)s1. The predicted octanol–water partition coefficient (Wildman–Crippen LogP) is -0.673. The van der Waals surface area contributed by atoms with Gasteiger partial charge in [-0.2, -0.15) is 0 Å². The third-order valence-electron chi connectivity index (χ3n) is 1.21. The van der Waals surface area contributed by atoms with Crippen molar-refractivity contribution in [2.75, 3.05) is 11.9 Å². The number of aromatic nitrogens is 2. The van der Waals surface area contributed by atoms with Crippen molar-refractivity contribution in [1.82, 2.24) is 15.5 Å². The van der Waals surface area contributed by atoms with Gasteiger partial charge in [0.25, 0.3) is 10.0 Å². The van der Waals surface area contributed by atoms with Gasteiger partial charge in [-0.05, 0) is 6.92 Å². The third kappa shape index (κ3) is 3.42. The molecule has 84 valence electrons. The summed E-state index contributed by atoms with van der Waals surface area (Å²) in [4.78, 5) is 11.0. The zero-order chi connectivity index (χ0) is 11.5. The normalized spacial score (nSPS) is 11.1. The Kier molecular flexibility index (Phi) is 3.55. The first-order valence-corrected chi connectivity index (χ1v) is 6.21. The number of hydrogen-bond acceptors (Lipinski definition) is 6. The molecule has 0 aliphatic heterocycles. The van der Waals surface area contributed by atoms with Crippen LogP contribution in [0.1, 0.15) is 6.92 Å². The molecule has 0 aliphatic carbocycles. The number of carbonyl (C=O) groups is 1. The molecule has 8 nitrogen and oxygen atoms in total. The van der Waals surface area contributed by atoms with Crippen molar-refractivity contribution in [3.8, 4) is 0 Å². The van der Waals surface area contributed by atoms with Crippen LogP contribution in [0.25, 0.3) is 0 Å². The molecule has 0 bridgehead atoms. The van der Waals surface area contributed by atoms with E-state index in [-0.39, 0.29) is 9.47 Å². The number of rotatable bonds is 3. The van der Waals surface area contributed by atoms with Gasteiger partial charge in [0.1, 0.15) is 0 Å². The van der Waals surface area contributed by atoms with Crippen LogP contribution in [0, 0.1) is 0 Å². The van der Waals surface area contributed by atoms with Gasteiger partial charge in [0.05, 0.1) is 0 Å². The van der Waals surface area contributed by atoms with E-state index in [4.69, 9.17) is 5.14 Å². The zero-order valence-corrected chi connectivity index (χ0v) is 9.35. The Balaban J connectivity index is 2.73. The fraction of sp³-hybridized carbons (Fsp3) is 0.400. The van der Waals surface area contributed by atoms with Gasteiger partial charge in [-0.3, -0.25) is 5.32 Å². The van der Waals surface area contributed by atoms with Crippen molar-refractivity contribution in [2.24, 2.45) is 5.14 Å². The number of sulfonamides is 1. The van der Waals surface area contributed by atoms with E-state index in [1.807, 2.05) is 0 Å². The van der Waals surface area contributed by atoms with Gasteiger partial charge < -0.3 is 5.32 Å². The van der Waals surface area contributed by atoms with Gasteiger partial charge in [0.2, 0.25) is 9.47 Å². The van der Waals surface area contributed by atoms with E-state index >= 15 is 0 Å². The van der Waals surface area contributed by atoms with E-state index in [9.17, 15) is 13.2 Å². The molecule has 0 atom stereocenters. The Bertz CT molecular complexity index is 453. The summed E-state index contributed by atoms with van der Waals surface area (Å²) >= 11 is 0.687. The van der Waals surface area contributed by atoms with Crippen LogP contribution in [0.3, 0.4) is 0 Å². The van der Waals surface area contributed by atoms with Gasteiger partial charge >= 0.3 is 6.03 Å². The number of nitrogens with one attached hydrogen (secondary N) is 2. The Hall–Kier alpha value is -1.26. The summed E-state index contributed by atoms with van der Waals surface area (Å²) in [7, 11) is -3.86. The van der Waals surface area contributed by atoms with Crippen LogP contribution in [-0.4, -0.2) is 31.2 Å². The molecule has 1 aromatic heterocycles. The molecule has 0 spiro atoms. The Morgan fingerprint density at radius 1 is 1.53 bits per heavy atom. The highest BCUT2D eigenvalue weighted by Gasteiger charge is 2.15. The van der Waals surface area contributed by atoms with Gasteiger partial charge in [-0.25, -0.2) is 18.4 Å². The maximum atomic E-state index is 11.0. The van der Waals surface area contributed by atoms with Crippen LogP contribution in [0.15, 0.2) is 4.34 Å². The Morgan fingerprint density at radius 3 is 2.67 bits per heavy atom. The molecule has 0 unspecified atom stereocenters. The summed E-state index contributed by atoms with van der Waals surface area (Å²) in [6.07, 6.45) is 0. The number of carbonyl (C=O) groups excluding carboxylic acids is 1. The second-order valence-electron chi connectivity index (χ2n) is 2.40. The lowest BCUT2D eigenvalue weighted by atomic mass is 10.7. The van der Waals surface area contributed by atoms with Gasteiger partial charge in [-0.1, -0.05) is 11.3 Å². The monoisotopic (exact) mass is 251 g/mol. The minimum atomic E-state index is -3.86. The van der Waals surface area contributed by atoms with Crippen LogP contribution >= 0.6 is 11.3 Å². The average Bonchev–Trinajstić information content (AvgIpc) is 2.52. The minimum Gasteiger partial charge on any atom is -0.338 e. The number of nitrogens with two attached hydrogens (primary N) is 1. The number of anilines is 1. The number of urea groups is 1. The van der Waals surface area contributed by atoms with E-state index in [0.29, 0.717) is 17.9 Å². The van der Waals surface area contributed by atoms with Gasteiger partial charge in [0, 0.05) is 6.54 Å². The quantitative estimate of drug-likeness (QED) is 0.614. The van der Waals surface area contributed by atoms with E-state index in [0.717, 1.165) is 0 Å². The first kappa shape index (κ1) is 11.8. The van der Waals surface area contributed by atoms with Crippen LogP contribution < -0.4 is 15.8 Å². The summed E-state index contributed by atoms with van der Waals surface area (Å²) in [5.41, 5.74) is 0. The predicted molar refractivity (Wildman–Crippen MR) is 54.0 cm³/mol. The molecule has 0 aromatic carbocycles.